The smallest absolute Gasteiger partial charge is 0.262 e. The third-order valence-electron chi connectivity index (χ3n) is 2.53. The molecule has 0 spiro atoms. The zero-order valence-electron chi connectivity index (χ0n) is 9.33. The van der Waals surface area contributed by atoms with E-state index in [1.54, 1.807) is 10.6 Å². The van der Waals surface area contributed by atoms with Crippen molar-refractivity contribution in [3.63, 3.8) is 0 Å². The standard InChI is InChI=1S/C12H13ClN2O/c1-3-4-9-11(13)14-10-7-8(2)5-6-15(10)12(9)16/h5-7H,3-4H2,1-2H3. The van der Waals surface area contributed by atoms with Crippen LogP contribution in [0.3, 0.4) is 0 Å². The Kier molecular flexibility index (Phi) is 2.97. The summed E-state index contributed by atoms with van der Waals surface area (Å²) in [7, 11) is 0. The van der Waals surface area contributed by atoms with Crippen LogP contribution in [0, 0.1) is 6.92 Å². The van der Waals surface area contributed by atoms with Crippen LogP contribution in [0.25, 0.3) is 5.65 Å². The highest BCUT2D eigenvalue weighted by Crippen LogP contribution is 2.13. The molecule has 0 saturated heterocycles. The first kappa shape index (κ1) is 11.1. The Morgan fingerprint density at radius 2 is 2.25 bits per heavy atom. The largest absolute Gasteiger partial charge is 0.269 e. The molecule has 4 heteroatoms. The van der Waals surface area contributed by atoms with Crippen molar-refractivity contribution in [2.24, 2.45) is 0 Å². The molecule has 0 bridgehead atoms. The fourth-order valence-corrected chi connectivity index (χ4v) is 1.97. The molecule has 0 unspecified atom stereocenters. The van der Waals surface area contributed by atoms with Crippen LogP contribution in [0.1, 0.15) is 24.5 Å². The first-order valence-corrected chi connectivity index (χ1v) is 5.68. The molecule has 0 N–H and O–H groups in total. The van der Waals surface area contributed by atoms with Gasteiger partial charge in [-0.15, -0.1) is 0 Å². The molecule has 0 aliphatic carbocycles. The lowest BCUT2D eigenvalue weighted by atomic mass is 10.2. The summed E-state index contributed by atoms with van der Waals surface area (Å²) in [5.41, 5.74) is 2.21. The van der Waals surface area contributed by atoms with Crippen LogP contribution < -0.4 is 5.56 Å². The molecule has 2 aromatic rings. The highest BCUT2D eigenvalue weighted by molar-refractivity contribution is 6.30. The number of aromatic nitrogens is 2. The molecule has 84 valence electrons. The molecule has 0 radical (unpaired) electrons. The number of rotatable bonds is 2. The van der Waals surface area contributed by atoms with Crippen LogP contribution >= 0.6 is 11.6 Å². The Labute approximate surface area is 98.7 Å². The van der Waals surface area contributed by atoms with E-state index >= 15 is 0 Å². The molecule has 0 atom stereocenters. The number of halogens is 1. The van der Waals surface area contributed by atoms with Crippen LogP contribution in [0.2, 0.25) is 5.15 Å². The molecule has 16 heavy (non-hydrogen) atoms. The maximum absolute atomic E-state index is 12.1. The van der Waals surface area contributed by atoms with Crippen molar-refractivity contribution >= 4 is 17.2 Å². The second-order valence-corrected chi connectivity index (χ2v) is 4.23. The second kappa shape index (κ2) is 4.26. The van der Waals surface area contributed by atoms with Crippen molar-refractivity contribution in [1.29, 1.82) is 0 Å². The maximum Gasteiger partial charge on any atom is 0.262 e. The Bertz CT molecular complexity index is 589. The van der Waals surface area contributed by atoms with Gasteiger partial charge in [-0.2, -0.15) is 0 Å². The first-order valence-electron chi connectivity index (χ1n) is 5.31. The molecule has 2 aromatic heterocycles. The van der Waals surface area contributed by atoms with E-state index in [0.717, 1.165) is 12.0 Å². The molecular formula is C12H13ClN2O. The van der Waals surface area contributed by atoms with Crippen LogP contribution in [0.5, 0.6) is 0 Å². The number of nitrogens with zero attached hydrogens (tertiary/aromatic N) is 2. The average Bonchev–Trinajstić information content (AvgIpc) is 2.23. The number of fused-ring (bicyclic) bond motifs is 1. The third kappa shape index (κ3) is 1.83. The molecule has 0 amide bonds. The van der Waals surface area contributed by atoms with E-state index in [0.29, 0.717) is 22.8 Å². The summed E-state index contributed by atoms with van der Waals surface area (Å²) in [5.74, 6) is 0. The first-order chi connectivity index (χ1) is 7.63. The minimum atomic E-state index is -0.0585. The molecule has 0 aliphatic heterocycles. The monoisotopic (exact) mass is 236 g/mol. The summed E-state index contributed by atoms with van der Waals surface area (Å²) in [6, 6.07) is 3.74. The molecule has 0 aromatic carbocycles. The number of aryl methyl sites for hydroxylation is 1. The van der Waals surface area contributed by atoms with Gasteiger partial charge in [0.15, 0.2) is 0 Å². The van der Waals surface area contributed by atoms with Gasteiger partial charge in [0.25, 0.3) is 5.56 Å². The SMILES string of the molecule is CCCc1c(Cl)nc2cc(C)ccn2c1=O. The van der Waals surface area contributed by atoms with Gasteiger partial charge in [0.2, 0.25) is 0 Å². The molecular weight excluding hydrogens is 224 g/mol. The predicted molar refractivity (Wildman–Crippen MR) is 65.2 cm³/mol. The fraction of sp³-hybridized carbons (Fsp3) is 0.333. The van der Waals surface area contributed by atoms with E-state index < -0.39 is 0 Å². The average molecular weight is 237 g/mol. The number of hydrogen-bond donors (Lipinski definition) is 0. The highest BCUT2D eigenvalue weighted by Gasteiger charge is 2.09. The van der Waals surface area contributed by atoms with E-state index in [1.165, 1.54) is 0 Å². The van der Waals surface area contributed by atoms with Gasteiger partial charge in [-0.3, -0.25) is 9.20 Å². The summed E-state index contributed by atoms with van der Waals surface area (Å²) in [4.78, 5) is 16.3. The Morgan fingerprint density at radius 1 is 1.50 bits per heavy atom. The molecule has 3 nitrogen and oxygen atoms in total. The van der Waals surface area contributed by atoms with E-state index in [4.69, 9.17) is 11.6 Å². The van der Waals surface area contributed by atoms with Crippen molar-refractivity contribution in [3.8, 4) is 0 Å². The number of pyridine rings is 1. The molecule has 2 heterocycles. The van der Waals surface area contributed by atoms with Gasteiger partial charge in [-0.05, 0) is 31.0 Å². The topological polar surface area (TPSA) is 34.4 Å². The van der Waals surface area contributed by atoms with Gasteiger partial charge in [-0.25, -0.2) is 4.98 Å². The zero-order chi connectivity index (χ0) is 11.7. The quantitative estimate of drug-likeness (QED) is 0.752. The lowest BCUT2D eigenvalue weighted by Gasteiger charge is -2.06. The van der Waals surface area contributed by atoms with Gasteiger partial charge in [0, 0.05) is 6.20 Å². The highest BCUT2D eigenvalue weighted by atomic mass is 35.5. The molecule has 0 aliphatic rings. The van der Waals surface area contributed by atoms with E-state index in [2.05, 4.69) is 4.98 Å². The Balaban J connectivity index is 2.78. The van der Waals surface area contributed by atoms with Crippen molar-refractivity contribution in [3.05, 3.63) is 45.0 Å². The predicted octanol–water partition coefficient (Wildman–Crippen LogP) is 2.61. The van der Waals surface area contributed by atoms with Crippen molar-refractivity contribution in [2.75, 3.05) is 0 Å². The zero-order valence-corrected chi connectivity index (χ0v) is 10.1. The van der Waals surface area contributed by atoms with Crippen molar-refractivity contribution in [1.82, 2.24) is 9.38 Å². The fourth-order valence-electron chi connectivity index (χ4n) is 1.71. The van der Waals surface area contributed by atoms with Gasteiger partial charge >= 0.3 is 0 Å². The third-order valence-corrected chi connectivity index (χ3v) is 2.84. The summed E-state index contributed by atoms with van der Waals surface area (Å²) < 4.78 is 1.55. The van der Waals surface area contributed by atoms with Crippen LogP contribution in [0.4, 0.5) is 0 Å². The number of hydrogen-bond acceptors (Lipinski definition) is 2. The maximum atomic E-state index is 12.1. The van der Waals surface area contributed by atoms with Crippen LogP contribution in [-0.2, 0) is 6.42 Å². The summed E-state index contributed by atoms with van der Waals surface area (Å²) in [6.45, 7) is 3.97. The van der Waals surface area contributed by atoms with Gasteiger partial charge < -0.3 is 0 Å². The Hall–Kier alpha value is -1.35. The van der Waals surface area contributed by atoms with Gasteiger partial charge in [0.05, 0.1) is 5.56 Å². The van der Waals surface area contributed by atoms with E-state index in [-0.39, 0.29) is 5.56 Å². The lowest BCUT2D eigenvalue weighted by Crippen LogP contribution is -2.20. The summed E-state index contributed by atoms with van der Waals surface area (Å²) >= 11 is 6.02. The normalized spacial score (nSPS) is 10.9. The van der Waals surface area contributed by atoms with Crippen molar-refractivity contribution in [2.45, 2.75) is 26.7 Å². The summed E-state index contributed by atoms with van der Waals surface area (Å²) in [6.07, 6.45) is 3.30. The molecule has 2 rings (SSSR count). The van der Waals surface area contributed by atoms with E-state index in [1.807, 2.05) is 26.0 Å². The van der Waals surface area contributed by atoms with Crippen molar-refractivity contribution < 1.29 is 0 Å². The van der Waals surface area contributed by atoms with E-state index in [9.17, 15) is 4.79 Å². The second-order valence-electron chi connectivity index (χ2n) is 3.87. The minimum Gasteiger partial charge on any atom is -0.269 e. The van der Waals surface area contributed by atoms with Crippen LogP contribution in [-0.4, -0.2) is 9.38 Å². The Morgan fingerprint density at radius 3 is 2.94 bits per heavy atom. The molecule has 0 fully saturated rings. The summed E-state index contributed by atoms with van der Waals surface area (Å²) in [5, 5.41) is 0.331. The van der Waals surface area contributed by atoms with Crippen LogP contribution in [0.15, 0.2) is 23.1 Å². The van der Waals surface area contributed by atoms with Gasteiger partial charge in [0.1, 0.15) is 10.8 Å². The molecule has 0 saturated carbocycles. The minimum absolute atomic E-state index is 0.0585. The lowest BCUT2D eigenvalue weighted by molar-refractivity contribution is 0.874. The van der Waals surface area contributed by atoms with Gasteiger partial charge in [-0.1, -0.05) is 24.9 Å².